The quantitative estimate of drug-likeness (QED) is 0.886. The maximum atomic E-state index is 12.9. The summed E-state index contributed by atoms with van der Waals surface area (Å²) in [5.41, 5.74) is 4.03. The molecule has 1 N–H and O–H groups in total. The molecule has 2 heterocycles. The molecule has 0 aliphatic carbocycles. The zero-order valence-corrected chi connectivity index (χ0v) is 15.9. The van der Waals surface area contributed by atoms with E-state index < -0.39 is 0 Å². The number of urea groups is 1. The maximum Gasteiger partial charge on any atom is 0.322 e. The first-order valence-electron chi connectivity index (χ1n) is 9.36. The fourth-order valence-corrected chi connectivity index (χ4v) is 3.20. The van der Waals surface area contributed by atoms with E-state index in [0.717, 1.165) is 48.6 Å². The smallest absolute Gasteiger partial charge is 0.322 e. The van der Waals surface area contributed by atoms with E-state index in [1.807, 2.05) is 43.3 Å². The molecule has 0 bridgehead atoms. The number of amides is 2. The summed E-state index contributed by atoms with van der Waals surface area (Å²) >= 11 is 0. The van der Waals surface area contributed by atoms with Crippen LogP contribution in [0.5, 0.6) is 0 Å². The second-order valence-corrected chi connectivity index (χ2v) is 6.91. The summed E-state index contributed by atoms with van der Waals surface area (Å²) < 4.78 is 7.86. The van der Waals surface area contributed by atoms with Crippen LogP contribution in [0.4, 0.5) is 10.5 Å². The Morgan fingerprint density at radius 2 is 2.12 bits per heavy atom. The summed E-state index contributed by atoms with van der Waals surface area (Å²) in [4.78, 5) is 19.2. The molecule has 6 heteroatoms. The van der Waals surface area contributed by atoms with E-state index in [-0.39, 0.29) is 12.1 Å². The number of hydrogen-bond acceptors (Lipinski definition) is 3. The Morgan fingerprint density at radius 1 is 1.31 bits per heavy atom. The standard InChI is InChI=1S/C20H28N4O2/c1-4-16-8-5-6-9-17(16)22-20(25)23-10-7-11-24-14-21-18(19(24)12-23)13-26-15(2)3/h5-6,8-9,14-15H,4,7,10-13H2,1-3H3,(H,22,25). The first kappa shape index (κ1) is 18.5. The van der Waals surface area contributed by atoms with Crippen LogP contribution in [0.15, 0.2) is 30.6 Å². The molecule has 0 radical (unpaired) electrons. The van der Waals surface area contributed by atoms with Crippen molar-refractivity contribution in [2.45, 2.75) is 59.4 Å². The fraction of sp³-hybridized carbons (Fsp3) is 0.500. The Balaban J connectivity index is 1.73. The SMILES string of the molecule is CCc1ccccc1NC(=O)N1CCCn2cnc(COC(C)C)c2C1. The van der Waals surface area contributed by atoms with Crippen molar-refractivity contribution in [2.24, 2.45) is 0 Å². The molecule has 1 aromatic carbocycles. The molecule has 26 heavy (non-hydrogen) atoms. The van der Waals surface area contributed by atoms with Crippen LogP contribution in [-0.2, 0) is 30.9 Å². The van der Waals surface area contributed by atoms with Crippen molar-refractivity contribution in [1.82, 2.24) is 14.5 Å². The van der Waals surface area contributed by atoms with Crippen LogP contribution in [0.25, 0.3) is 0 Å². The number of nitrogens with one attached hydrogen (secondary N) is 1. The molecule has 0 saturated heterocycles. The molecule has 0 saturated carbocycles. The topological polar surface area (TPSA) is 59.4 Å². The van der Waals surface area contributed by atoms with Crippen molar-refractivity contribution in [3.63, 3.8) is 0 Å². The maximum absolute atomic E-state index is 12.9. The highest BCUT2D eigenvalue weighted by Gasteiger charge is 2.22. The molecule has 1 aliphatic heterocycles. The summed E-state index contributed by atoms with van der Waals surface area (Å²) in [6.07, 6.45) is 3.82. The van der Waals surface area contributed by atoms with E-state index in [1.54, 1.807) is 0 Å². The number of imidazole rings is 1. The molecule has 1 aromatic heterocycles. The van der Waals surface area contributed by atoms with E-state index in [1.165, 1.54) is 0 Å². The molecular weight excluding hydrogens is 328 g/mol. The van der Waals surface area contributed by atoms with E-state index in [2.05, 4.69) is 27.9 Å². The number of para-hydroxylation sites is 1. The molecule has 0 atom stereocenters. The van der Waals surface area contributed by atoms with Crippen molar-refractivity contribution in [3.05, 3.63) is 47.5 Å². The van der Waals surface area contributed by atoms with Crippen molar-refractivity contribution < 1.29 is 9.53 Å². The number of benzene rings is 1. The van der Waals surface area contributed by atoms with Crippen molar-refractivity contribution in [1.29, 1.82) is 0 Å². The van der Waals surface area contributed by atoms with Crippen molar-refractivity contribution in [3.8, 4) is 0 Å². The highest BCUT2D eigenvalue weighted by Crippen LogP contribution is 2.20. The molecular formula is C20H28N4O2. The number of nitrogens with zero attached hydrogens (tertiary/aromatic N) is 3. The van der Waals surface area contributed by atoms with Crippen LogP contribution < -0.4 is 5.32 Å². The van der Waals surface area contributed by atoms with Crippen LogP contribution in [0.2, 0.25) is 0 Å². The van der Waals surface area contributed by atoms with Crippen LogP contribution >= 0.6 is 0 Å². The van der Waals surface area contributed by atoms with Gasteiger partial charge in [-0.1, -0.05) is 25.1 Å². The molecule has 0 unspecified atom stereocenters. The highest BCUT2D eigenvalue weighted by molar-refractivity contribution is 5.90. The zero-order valence-electron chi connectivity index (χ0n) is 15.9. The largest absolute Gasteiger partial charge is 0.372 e. The van der Waals surface area contributed by atoms with E-state index >= 15 is 0 Å². The third kappa shape index (κ3) is 4.25. The average molecular weight is 356 g/mol. The van der Waals surface area contributed by atoms with Crippen molar-refractivity contribution >= 4 is 11.7 Å². The first-order chi connectivity index (χ1) is 12.6. The second kappa shape index (κ2) is 8.36. The number of aryl methyl sites for hydroxylation is 2. The molecule has 6 nitrogen and oxygen atoms in total. The van der Waals surface area contributed by atoms with Crippen LogP contribution in [0.3, 0.4) is 0 Å². The van der Waals surface area contributed by atoms with Gasteiger partial charge in [0.2, 0.25) is 0 Å². The van der Waals surface area contributed by atoms with Gasteiger partial charge in [0.15, 0.2) is 0 Å². The van der Waals surface area contributed by atoms with Crippen molar-refractivity contribution in [2.75, 3.05) is 11.9 Å². The highest BCUT2D eigenvalue weighted by atomic mass is 16.5. The van der Waals surface area contributed by atoms with E-state index in [9.17, 15) is 4.79 Å². The number of fused-ring (bicyclic) bond motifs is 1. The van der Waals surface area contributed by atoms with E-state index in [0.29, 0.717) is 13.2 Å². The summed E-state index contributed by atoms with van der Waals surface area (Å²) in [6.45, 7) is 8.76. The van der Waals surface area contributed by atoms with Gasteiger partial charge in [0.25, 0.3) is 0 Å². The lowest BCUT2D eigenvalue weighted by atomic mass is 10.1. The fourth-order valence-electron chi connectivity index (χ4n) is 3.20. The summed E-state index contributed by atoms with van der Waals surface area (Å²) in [6, 6.07) is 7.90. The minimum absolute atomic E-state index is 0.0590. The van der Waals surface area contributed by atoms with E-state index in [4.69, 9.17) is 4.74 Å². The molecule has 0 spiro atoms. The monoisotopic (exact) mass is 356 g/mol. The minimum atomic E-state index is -0.0590. The van der Waals surface area contributed by atoms with Gasteiger partial charge < -0.3 is 19.5 Å². The Bertz CT molecular complexity index is 754. The van der Waals surface area contributed by atoms with Gasteiger partial charge in [0, 0.05) is 18.8 Å². The first-order valence-corrected chi connectivity index (χ1v) is 9.36. The van der Waals surface area contributed by atoms with Gasteiger partial charge in [-0.25, -0.2) is 9.78 Å². The zero-order chi connectivity index (χ0) is 18.5. The lowest BCUT2D eigenvalue weighted by Gasteiger charge is -2.22. The number of rotatable bonds is 5. The molecule has 140 valence electrons. The molecule has 3 rings (SSSR count). The Labute approximate surface area is 155 Å². The van der Waals surface area contributed by atoms with Gasteiger partial charge in [-0.05, 0) is 38.3 Å². The lowest BCUT2D eigenvalue weighted by Crippen LogP contribution is -2.35. The average Bonchev–Trinajstić information content (AvgIpc) is 2.88. The van der Waals surface area contributed by atoms with Gasteiger partial charge in [0.1, 0.15) is 0 Å². The number of hydrogen-bond donors (Lipinski definition) is 1. The van der Waals surface area contributed by atoms with Crippen LogP contribution in [-0.4, -0.2) is 33.1 Å². The number of aromatic nitrogens is 2. The number of anilines is 1. The Hall–Kier alpha value is -2.34. The molecule has 1 aliphatic rings. The second-order valence-electron chi connectivity index (χ2n) is 6.91. The van der Waals surface area contributed by atoms with Crippen LogP contribution in [0.1, 0.15) is 44.1 Å². The normalized spacial score (nSPS) is 14.2. The van der Waals surface area contributed by atoms with Crippen LogP contribution in [0, 0.1) is 0 Å². The van der Waals surface area contributed by atoms with Gasteiger partial charge in [-0.15, -0.1) is 0 Å². The molecule has 0 fully saturated rings. The number of ether oxygens (including phenoxy) is 1. The molecule has 2 aromatic rings. The van der Waals surface area contributed by atoms with Gasteiger partial charge in [0.05, 0.1) is 37.0 Å². The third-order valence-electron chi connectivity index (χ3n) is 4.68. The lowest BCUT2D eigenvalue weighted by molar-refractivity contribution is 0.0630. The predicted molar refractivity (Wildman–Crippen MR) is 102 cm³/mol. The summed E-state index contributed by atoms with van der Waals surface area (Å²) in [5, 5.41) is 3.08. The summed E-state index contributed by atoms with van der Waals surface area (Å²) in [7, 11) is 0. The Kier molecular flexibility index (Phi) is 5.93. The van der Waals surface area contributed by atoms with Gasteiger partial charge >= 0.3 is 6.03 Å². The number of carbonyl (C=O) groups excluding carboxylic acids is 1. The molecule has 2 amide bonds. The van der Waals surface area contributed by atoms with Gasteiger partial charge in [-0.2, -0.15) is 0 Å². The van der Waals surface area contributed by atoms with Gasteiger partial charge in [-0.3, -0.25) is 0 Å². The summed E-state index contributed by atoms with van der Waals surface area (Å²) in [5.74, 6) is 0. The Morgan fingerprint density at radius 3 is 2.88 bits per heavy atom. The predicted octanol–water partition coefficient (Wildman–Crippen LogP) is 3.81. The third-order valence-corrected chi connectivity index (χ3v) is 4.68. The minimum Gasteiger partial charge on any atom is -0.372 e. The number of carbonyl (C=O) groups is 1.